The van der Waals surface area contributed by atoms with E-state index in [2.05, 4.69) is 127 Å². The van der Waals surface area contributed by atoms with Crippen LogP contribution in [0.3, 0.4) is 0 Å². The summed E-state index contributed by atoms with van der Waals surface area (Å²) in [7, 11) is 0. The third-order valence-corrected chi connectivity index (χ3v) is 15.6. The summed E-state index contributed by atoms with van der Waals surface area (Å²) in [5.41, 5.74) is 0. The van der Waals surface area contributed by atoms with Gasteiger partial charge in [-0.05, 0) is 15.9 Å². The number of alkyl halides is 6. The van der Waals surface area contributed by atoms with Crippen LogP contribution in [0.5, 0.6) is 0 Å². The highest BCUT2D eigenvalue weighted by molar-refractivity contribution is 9.33. The van der Waals surface area contributed by atoms with Crippen molar-refractivity contribution in [3.05, 3.63) is 8.96 Å². The second-order valence-corrected chi connectivity index (χ2v) is 14.6. The van der Waals surface area contributed by atoms with Gasteiger partial charge in [0.15, 0.2) is 9.02 Å². The Morgan fingerprint density at radius 1 is 0.800 bits per heavy atom. The fourth-order valence-electron chi connectivity index (χ4n) is 0.853. The van der Waals surface area contributed by atoms with E-state index in [4.69, 9.17) is 0 Å². The molecule has 0 aliphatic heterocycles. The SMILES string of the molecule is O=C1C(Br)=C(Br)C(Br)(Br)C(Br)(Br)C1(Br)Br. The molecular weight excluding hydrogens is 727 g/mol. The minimum atomic E-state index is -0.990. The minimum Gasteiger partial charge on any atom is -0.291 e. The second-order valence-electron chi connectivity index (χ2n) is 2.68. The fourth-order valence-corrected chi connectivity index (χ4v) is 7.32. The number of rotatable bonds is 0. The van der Waals surface area contributed by atoms with Gasteiger partial charge in [0, 0.05) is 4.48 Å². The van der Waals surface area contributed by atoms with Crippen LogP contribution in [0.25, 0.3) is 0 Å². The standard InChI is InChI=1S/C6Br8O/c7-1-2(8)4(9,10)6(13,14)5(11,12)3(1)15. The van der Waals surface area contributed by atoms with Crippen LogP contribution < -0.4 is 0 Å². The van der Waals surface area contributed by atoms with Crippen molar-refractivity contribution >= 4 is 133 Å². The summed E-state index contributed by atoms with van der Waals surface area (Å²) in [5, 5.41) is 0. The van der Waals surface area contributed by atoms with E-state index in [9.17, 15) is 4.79 Å². The first-order chi connectivity index (χ1) is 6.48. The van der Waals surface area contributed by atoms with Crippen LogP contribution in [-0.2, 0) is 4.79 Å². The zero-order valence-electron chi connectivity index (χ0n) is 6.43. The molecule has 0 N–H and O–H groups in total. The summed E-state index contributed by atoms with van der Waals surface area (Å²) in [6, 6.07) is 0. The van der Waals surface area contributed by atoms with E-state index in [-0.39, 0.29) is 5.78 Å². The molecule has 0 aromatic carbocycles. The first-order valence-corrected chi connectivity index (χ1v) is 9.56. The number of hydrogen-bond donors (Lipinski definition) is 0. The Morgan fingerprint density at radius 3 is 1.60 bits per heavy atom. The van der Waals surface area contributed by atoms with E-state index in [0.29, 0.717) is 8.96 Å². The molecule has 9 heteroatoms. The lowest BCUT2D eigenvalue weighted by Crippen LogP contribution is -2.55. The highest BCUT2D eigenvalue weighted by Crippen LogP contribution is 2.67. The van der Waals surface area contributed by atoms with Crippen molar-refractivity contribution in [2.45, 2.75) is 9.70 Å². The topological polar surface area (TPSA) is 17.1 Å². The average Bonchev–Trinajstić information content (AvgIpc) is 2.12. The lowest BCUT2D eigenvalue weighted by molar-refractivity contribution is -0.115. The Balaban J connectivity index is 3.56. The Morgan fingerprint density at radius 2 is 1.20 bits per heavy atom. The van der Waals surface area contributed by atoms with Crippen molar-refractivity contribution in [1.29, 1.82) is 0 Å². The molecule has 0 radical (unpaired) electrons. The maximum Gasteiger partial charge on any atom is 0.200 e. The predicted molar refractivity (Wildman–Crippen MR) is 91.6 cm³/mol. The van der Waals surface area contributed by atoms with Gasteiger partial charge in [-0.15, -0.1) is 0 Å². The van der Waals surface area contributed by atoms with Gasteiger partial charge < -0.3 is 0 Å². The van der Waals surface area contributed by atoms with E-state index in [1.54, 1.807) is 0 Å². The molecule has 1 aliphatic rings. The monoisotopic (exact) mass is 719 g/mol. The maximum atomic E-state index is 12.0. The molecule has 0 aromatic heterocycles. The van der Waals surface area contributed by atoms with Crippen molar-refractivity contribution in [3.8, 4) is 0 Å². The molecule has 0 heterocycles. The normalized spacial score (nSPS) is 28.1. The van der Waals surface area contributed by atoms with Gasteiger partial charge in [0.1, 0.15) is 6.47 Å². The molecule has 15 heavy (non-hydrogen) atoms. The van der Waals surface area contributed by atoms with E-state index in [0.717, 1.165) is 0 Å². The van der Waals surface area contributed by atoms with Gasteiger partial charge in [-0.25, -0.2) is 0 Å². The van der Waals surface area contributed by atoms with E-state index in [1.165, 1.54) is 0 Å². The number of ketones is 1. The summed E-state index contributed by atoms with van der Waals surface area (Å²) < 4.78 is -1.38. The number of allylic oxidation sites excluding steroid dienone is 2. The molecule has 0 amide bonds. The van der Waals surface area contributed by atoms with Crippen LogP contribution in [0.1, 0.15) is 0 Å². The molecular formula is C6Br8O. The molecule has 0 spiro atoms. The lowest BCUT2D eigenvalue weighted by Gasteiger charge is -2.45. The molecule has 1 aliphatic carbocycles. The highest BCUT2D eigenvalue weighted by Gasteiger charge is 2.66. The lowest BCUT2D eigenvalue weighted by atomic mass is 10.1. The third kappa shape index (κ3) is 2.36. The summed E-state index contributed by atoms with van der Waals surface area (Å²) >= 11 is 27.2. The third-order valence-electron chi connectivity index (χ3n) is 1.74. The second kappa shape index (κ2) is 4.98. The van der Waals surface area contributed by atoms with E-state index >= 15 is 0 Å². The van der Waals surface area contributed by atoms with Gasteiger partial charge in [0.25, 0.3) is 0 Å². The maximum absolute atomic E-state index is 12.0. The van der Waals surface area contributed by atoms with Crippen molar-refractivity contribution < 1.29 is 4.79 Å². The molecule has 0 saturated heterocycles. The first kappa shape index (κ1) is 16.3. The van der Waals surface area contributed by atoms with E-state index < -0.39 is 9.70 Å². The van der Waals surface area contributed by atoms with Crippen molar-refractivity contribution in [1.82, 2.24) is 0 Å². The molecule has 0 aromatic rings. The number of carbonyl (C=O) groups excluding carboxylic acids is 1. The molecule has 1 rings (SSSR count). The largest absolute Gasteiger partial charge is 0.291 e. The molecule has 0 atom stereocenters. The van der Waals surface area contributed by atoms with Crippen LogP contribution in [0, 0.1) is 0 Å². The predicted octanol–water partition coefficient (Wildman–Crippen LogP) is 6.03. The molecule has 1 nitrogen and oxygen atoms in total. The Bertz CT molecular complexity index is 354. The minimum absolute atomic E-state index is 0.141. The summed E-state index contributed by atoms with van der Waals surface area (Å²) in [6.07, 6.45) is 0. The fraction of sp³-hybridized carbons (Fsp3) is 0.500. The number of halogens is 8. The van der Waals surface area contributed by atoms with Crippen molar-refractivity contribution in [2.75, 3.05) is 0 Å². The van der Waals surface area contributed by atoms with Crippen LogP contribution in [0.2, 0.25) is 0 Å². The highest BCUT2D eigenvalue weighted by atomic mass is 79.9. The van der Waals surface area contributed by atoms with Gasteiger partial charge in [-0.1, -0.05) is 112 Å². The van der Waals surface area contributed by atoms with Crippen LogP contribution in [-0.4, -0.2) is 15.5 Å². The Kier molecular flexibility index (Phi) is 5.41. The number of carbonyl (C=O) groups is 1. The molecule has 0 unspecified atom stereocenters. The summed E-state index contributed by atoms with van der Waals surface area (Å²) in [6.45, 7) is 0. The Hall–Kier alpha value is 3.25. The first-order valence-electron chi connectivity index (χ1n) is 3.22. The average molecular weight is 727 g/mol. The quantitative estimate of drug-likeness (QED) is 0.279. The Labute approximate surface area is 154 Å². The van der Waals surface area contributed by atoms with E-state index in [1.807, 2.05) is 0 Å². The molecule has 0 fully saturated rings. The van der Waals surface area contributed by atoms with Gasteiger partial charge >= 0.3 is 0 Å². The van der Waals surface area contributed by atoms with Crippen LogP contribution >= 0.6 is 127 Å². The van der Waals surface area contributed by atoms with Gasteiger partial charge in [-0.3, -0.25) is 4.79 Å². The van der Waals surface area contributed by atoms with Gasteiger partial charge in [0.05, 0.1) is 4.48 Å². The van der Waals surface area contributed by atoms with Gasteiger partial charge in [-0.2, -0.15) is 0 Å². The summed E-state index contributed by atoms with van der Waals surface area (Å²) in [5.74, 6) is -0.141. The molecule has 0 saturated carbocycles. The van der Waals surface area contributed by atoms with Crippen molar-refractivity contribution in [2.24, 2.45) is 0 Å². The molecule has 0 bridgehead atoms. The smallest absolute Gasteiger partial charge is 0.200 e. The van der Waals surface area contributed by atoms with Crippen LogP contribution in [0.15, 0.2) is 8.96 Å². The zero-order valence-corrected chi connectivity index (χ0v) is 19.1. The number of Topliss-reactive ketones (excluding diaryl/α,β-unsaturated/α-hetero) is 1. The van der Waals surface area contributed by atoms with Crippen LogP contribution in [0.4, 0.5) is 0 Å². The van der Waals surface area contributed by atoms with Gasteiger partial charge in [0.2, 0.25) is 0 Å². The number of hydrogen-bond acceptors (Lipinski definition) is 1. The van der Waals surface area contributed by atoms with Crippen molar-refractivity contribution in [3.63, 3.8) is 0 Å². The zero-order chi connectivity index (χ0) is 12.2. The molecule has 86 valence electrons. The summed E-state index contributed by atoms with van der Waals surface area (Å²) in [4.78, 5) is 12.0.